The standard InChI is InChI=1S/C16H20ClN3O/c1-10(2)14-8-11(3)19-16(20-14)18-9-12-13(17)6-5-7-15(12)21-4/h5-8,10H,9H2,1-4H3,(H,18,19,20). The smallest absolute Gasteiger partial charge is 0.223 e. The molecule has 4 nitrogen and oxygen atoms in total. The number of nitrogens with zero attached hydrogens (tertiary/aromatic N) is 2. The van der Waals surface area contributed by atoms with Gasteiger partial charge in [-0.2, -0.15) is 0 Å². The minimum absolute atomic E-state index is 0.363. The Labute approximate surface area is 130 Å². The van der Waals surface area contributed by atoms with E-state index in [-0.39, 0.29) is 0 Å². The zero-order chi connectivity index (χ0) is 15.4. The van der Waals surface area contributed by atoms with Crippen LogP contribution in [0.3, 0.4) is 0 Å². The molecule has 1 N–H and O–H groups in total. The van der Waals surface area contributed by atoms with Crippen molar-refractivity contribution < 1.29 is 4.74 Å². The second-order valence-electron chi connectivity index (χ2n) is 5.19. The lowest BCUT2D eigenvalue weighted by atomic mass is 10.1. The van der Waals surface area contributed by atoms with Crippen LogP contribution in [0.5, 0.6) is 5.75 Å². The fourth-order valence-corrected chi connectivity index (χ4v) is 2.27. The first-order valence-electron chi connectivity index (χ1n) is 6.92. The van der Waals surface area contributed by atoms with Crippen molar-refractivity contribution in [3.63, 3.8) is 0 Å². The Morgan fingerprint density at radius 1 is 1.29 bits per heavy atom. The number of methoxy groups -OCH3 is 1. The van der Waals surface area contributed by atoms with E-state index in [9.17, 15) is 0 Å². The number of hydrogen-bond donors (Lipinski definition) is 1. The van der Waals surface area contributed by atoms with Gasteiger partial charge in [0.15, 0.2) is 0 Å². The van der Waals surface area contributed by atoms with Crippen LogP contribution in [-0.4, -0.2) is 17.1 Å². The van der Waals surface area contributed by atoms with E-state index in [0.29, 0.717) is 23.4 Å². The van der Waals surface area contributed by atoms with Gasteiger partial charge >= 0.3 is 0 Å². The van der Waals surface area contributed by atoms with Gasteiger partial charge in [0.25, 0.3) is 0 Å². The highest BCUT2D eigenvalue weighted by Crippen LogP contribution is 2.26. The van der Waals surface area contributed by atoms with Crippen LogP contribution in [0.25, 0.3) is 0 Å². The third-order valence-corrected chi connectivity index (χ3v) is 3.54. The minimum atomic E-state index is 0.363. The molecule has 0 atom stereocenters. The highest BCUT2D eigenvalue weighted by molar-refractivity contribution is 6.31. The van der Waals surface area contributed by atoms with E-state index in [1.807, 2.05) is 31.2 Å². The summed E-state index contributed by atoms with van der Waals surface area (Å²) in [5.41, 5.74) is 2.87. The molecule has 5 heteroatoms. The van der Waals surface area contributed by atoms with Crippen LogP contribution in [0.4, 0.5) is 5.95 Å². The Balaban J connectivity index is 2.21. The highest BCUT2D eigenvalue weighted by atomic mass is 35.5. The zero-order valence-corrected chi connectivity index (χ0v) is 13.5. The number of nitrogens with one attached hydrogen (secondary N) is 1. The van der Waals surface area contributed by atoms with Gasteiger partial charge in [0.2, 0.25) is 5.95 Å². The molecule has 1 heterocycles. The first kappa shape index (κ1) is 15.6. The van der Waals surface area contributed by atoms with Crippen LogP contribution in [-0.2, 0) is 6.54 Å². The Morgan fingerprint density at radius 3 is 2.71 bits per heavy atom. The molecule has 21 heavy (non-hydrogen) atoms. The predicted molar refractivity (Wildman–Crippen MR) is 86.2 cm³/mol. The summed E-state index contributed by atoms with van der Waals surface area (Å²) in [7, 11) is 1.63. The first-order chi connectivity index (χ1) is 10.0. The van der Waals surface area contributed by atoms with E-state index in [0.717, 1.165) is 22.7 Å². The van der Waals surface area contributed by atoms with Crippen LogP contribution in [0.2, 0.25) is 5.02 Å². The van der Waals surface area contributed by atoms with E-state index in [1.54, 1.807) is 7.11 Å². The van der Waals surface area contributed by atoms with Crippen molar-refractivity contribution in [3.8, 4) is 5.75 Å². The SMILES string of the molecule is COc1cccc(Cl)c1CNc1nc(C)cc(C(C)C)n1. The maximum Gasteiger partial charge on any atom is 0.223 e. The fourth-order valence-electron chi connectivity index (χ4n) is 2.04. The van der Waals surface area contributed by atoms with Crippen molar-refractivity contribution in [2.75, 3.05) is 12.4 Å². The molecule has 0 aliphatic rings. The second kappa shape index (κ2) is 6.76. The van der Waals surface area contributed by atoms with Crippen LogP contribution in [0, 0.1) is 6.92 Å². The molecule has 0 bridgehead atoms. The average Bonchev–Trinajstić information content (AvgIpc) is 2.45. The van der Waals surface area contributed by atoms with Crippen molar-refractivity contribution >= 4 is 17.5 Å². The third-order valence-electron chi connectivity index (χ3n) is 3.18. The third kappa shape index (κ3) is 3.85. The molecule has 0 amide bonds. The van der Waals surface area contributed by atoms with E-state index < -0.39 is 0 Å². The van der Waals surface area contributed by atoms with E-state index in [1.165, 1.54) is 0 Å². The van der Waals surface area contributed by atoms with Crippen molar-refractivity contribution in [2.45, 2.75) is 33.2 Å². The van der Waals surface area contributed by atoms with Crippen molar-refractivity contribution in [1.82, 2.24) is 9.97 Å². The monoisotopic (exact) mass is 305 g/mol. The summed E-state index contributed by atoms with van der Waals surface area (Å²) in [6, 6.07) is 7.61. The molecule has 0 spiro atoms. The summed E-state index contributed by atoms with van der Waals surface area (Å²) in [6.07, 6.45) is 0. The molecular weight excluding hydrogens is 286 g/mol. The van der Waals surface area contributed by atoms with Gasteiger partial charge in [0.1, 0.15) is 5.75 Å². The Morgan fingerprint density at radius 2 is 2.05 bits per heavy atom. The molecular formula is C16H20ClN3O. The summed E-state index contributed by atoms with van der Waals surface area (Å²) >= 11 is 6.23. The number of halogens is 1. The molecule has 2 aromatic rings. The number of hydrogen-bond acceptors (Lipinski definition) is 4. The van der Waals surface area contributed by atoms with Gasteiger partial charge in [0, 0.05) is 28.5 Å². The number of rotatable bonds is 5. The lowest BCUT2D eigenvalue weighted by Crippen LogP contribution is -2.08. The number of aromatic nitrogens is 2. The van der Waals surface area contributed by atoms with Crippen LogP contribution < -0.4 is 10.1 Å². The maximum absolute atomic E-state index is 6.23. The van der Waals surface area contributed by atoms with Crippen LogP contribution in [0.15, 0.2) is 24.3 Å². The van der Waals surface area contributed by atoms with Gasteiger partial charge in [0.05, 0.1) is 7.11 Å². The highest BCUT2D eigenvalue weighted by Gasteiger charge is 2.10. The second-order valence-corrected chi connectivity index (χ2v) is 5.59. The molecule has 112 valence electrons. The fraction of sp³-hybridized carbons (Fsp3) is 0.375. The molecule has 0 saturated carbocycles. The normalized spacial score (nSPS) is 10.8. The average molecular weight is 306 g/mol. The van der Waals surface area contributed by atoms with Gasteiger partial charge in [-0.25, -0.2) is 9.97 Å². The predicted octanol–water partition coefficient (Wildman–Crippen LogP) is 4.18. The zero-order valence-electron chi connectivity index (χ0n) is 12.8. The summed E-state index contributed by atoms with van der Waals surface area (Å²) in [4.78, 5) is 8.94. The van der Waals surface area contributed by atoms with Gasteiger partial charge in [-0.05, 0) is 31.0 Å². The van der Waals surface area contributed by atoms with Crippen molar-refractivity contribution in [1.29, 1.82) is 0 Å². The summed E-state index contributed by atoms with van der Waals surface area (Å²) in [5.74, 6) is 1.73. The lowest BCUT2D eigenvalue weighted by molar-refractivity contribution is 0.410. The van der Waals surface area contributed by atoms with Gasteiger partial charge in [-0.3, -0.25) is 0 Å². The molecule has 2 rings (SSSR count). The Kier molecular flexibility index (Phi) is 5.02. The minimum Gasteiger partial charge on any atom is -0.496 e. The molecule has 0 saturated heterocycles. The largest absolute Gasteiger partial charge is 0.496 e. The summed E-state index contributed by atoms with van der Waals surface area (Å²) in [5, 5.41) is 3.89. The molecule has 0 aliphatic heterocycles. The van der Waals surface area contributed by atoms with Gasteiger partial charge < -0.3 is 10.1 Å². The molecule has 0 unspecified atom stereocenters. The molecule has 1 aromatic heterocycles. The Hall–Kier alpha value is -1.81. The topological polar surface area (TPSA) is 47.0 Å². The van der Waals surface area contributed by atoms with E-state index in [4.69, 9.17) is 16.3 Å². The van der Waals surface area contributed by atoms with E-state index in [2.05, 4.69) is 29.1 Å². The molecule has 1 aromatic carbocycles. The summed E-state index contributed by atoms with van der Waals surface area (Å²) in [6.45, 7) is 6.71. The molecule has 0 fully saturated rings. The molecule has 0 aliphatic carbocycles. The van der Waals surface area contributed by atoms with Crippen LogP contribution >= 0.6 is 11.6 Å². The quantitative estimate of drug-likeness (QED) is 0.900. The van der Waals surface area contributed by atoms with Gasteiger partial charge in [-0.1, -0.05) is 31.5 Å². The van der Waals surface area contributed by atoms with Crippen molar-refractivity contribution in [2.24, 2.45) is 0 Å². The number of aryl methyl sites for hydroxylation is 1. The van der Waals surface area contributed by atoms with Crippen molar-refractivity contribution in [3.05, 3.63) is 46.2 Å². The molecule has 0 radical (unpaired) electrons. The number of ether oxygens (including phenoxy) is 1. The maximum atomic E-state index is 6.23. The van der Waals surface area contributed by atoms with Crippen LogP contribution in [0.1, 0.15) is 36.7 Å². The Bertz CT molecular complexity index is 629. The number of benzene rings is 1. The lowest BCUT2D eigenvalue weighted by Gasteiger charge is -2.13. The summed E-state index contributed by atoms with van der Waals surface area (Å²) < 4.78 is 5.34. The number of anilines is 1. The van der Waals surface area contributed by atoms with Gasteiger partial charge in [-0.15, -0.1) is 0 Å². The first-order valence-corrected chi connectivity index (χ1v) is 7.30. The van der Waals surface area contributed by atoms with E-state index >= 15 is 0 Å².